The number of hydrogen-bond acceptors (Lipinski definition) is 8. The molecular weight excluding hydrogens is 585 g/mol. The molecular formula is C27H22ClF3N4O5S. The first-order valence-corrected chi connectivity index (χ1v) is 13.9. The summed E-state index contributed by atoms with van der Waals surface area (Å²) in [5.41, 5.74) is -0.327. The molecule has 41 heavy (non-hydrogen) atoms. The third-order valence-electron chi connectivity index (χ3n) is 6.08. The van der Waals surface area contributed by atoms with Crippen molar-refractivity contribution in [1.82, 2.24) is 20.3 Å². The van der Waals surface area contributed by atoms with Gasteiger partial charge in [0.2, 0.25) is 5.88 Å². The lowest BCUT2D eigenvalue weighted by molar-refractivity contribution is 0.0950. The minimum Gasteiger partial charge on any atom is -0.491 e. The molecule has 4 heterocycles. The van der Waals surface area contributed by atoms with Gasteiger partial charge in [-0.05, 0) is 42.5 Å². The second-order valence-corrected chi connectivity index (χ2v) is 10.8. The summed E-state index contributed by atoms with van der Waals surface area (Å²) in [6, 6.07) is 10.3. The second-order valence-electron chi connectivity index (χ2n) is 8.84. The molecule has 3 aromatic heterocycles. The van der Waals surface area contributed by atoms with Gasteiger partial charge in [-0.1, -0.05) is 11.6 Å². The summed E-state index contributed by atoms with van der Waals surface area (Å²) in [6.07, 6.45) is -1.29. The fraction of sp³-hybridized carbons (Fsp3) is 0.259. The number of ether oxygens (including phenoxy) is 2. The van der Waals surface area contributed by atoms with Gasteiger partial charge in [0.05, 0.1) is 62.9 Å². The molecule has 1 aliphatic heterocycles. The van der Waals surface area contributed by atoms with E-state index in [2.05, 4.69) is 20.3 Å². The topological polar surface area (TPSA) is 124 Å². The van der Waals surface area contributed by atoms with Crippen LogP contribution in [0.15, 0.2) is 53.6 Å². The Hall–Kier alpha value is -3.81. The zero-order valence-corrected chi connectivity index (χ0v) is 22.7. The van der Waals surface area contributed by atoms with Gasteiger partial charge < -0.3 is 19.9 Å². The zero-order valence-electron chi connectivity index (χ0n) is 21.2. The van der Waals surface area contributed by atoms with Crippen molar-refractivity contribution in [2.45, 2.75) is 29.8 Å². The summed E-state index contributed by atoms with van der Waals surface area (Å²) in [5, 5.41) is 12.5. The number of hydrogen-bond donors (Lipinski definition) is 2. The van der Waals surface area contributed by atoms with Crippen LogP contribution in [0, 0.1) is 0 Å². The van der Waals surface area contributed by atoms with Crippen molar-refractivity contribution in [1.29, 1.82) is 0 Å². The number of pyridine rings is 3. The van der Waals surface area contributed by atoms with Crippen LogP contribution in [0.5, 0.6) is 11.6 Å². The minimum absolute atomic E-state index is 0.00376. The lowest BCUT2D eigenvalue weighted by Gasteiger charge is -2.12. The highest BCUT2D eigenvalue weighted by molar-refractivity contribution is 7.85. The maximum absolute atomic E-state index is 14.2. The van der Waals surface area contributed by atoms with Crippen LogP contribution in [-0.2, 0) is 17.3 Å². The van der Waals surface area contributed by atoms with Crippen molar-refractivity contribution in [2.24, 2.45) is 0 Å². The van der Waals surface area contributed by atoms with Crippen molar-refractivity contribution in [3.8, 4) is 22.9 Å². The zero-order chi connectivity index (χ0) is 29.1. The Morgan fingerprint density at radius 1 is 1.22 bits per heavy atom. The first kappa shape index (κ1) is 28.7. The maximum atomic E-state index is 14.2. The second kappa shape index (κ2) is 12.4. The number of rotatable bonds is 8. The average molecular weight is 607 g/mol. The van der Waals surface area contributed by atoms with Gasteiger partial charge in [-0.3, -0.25) is 14.0 Å². The first-order chi connectivity index (χ1) is 19.7. The Kier molecular flexibility index (Phi) is 8.66. The Balaban J connectivity index is 1.38. The molecule has 0 aliphatic carbocycles. The average Bonchev–Trinajstić information content (AvgIpc) is 3.12. The van der Waals surface area contributed by atoms with Crippen LogP contribution in [0.4, 0.5) is 13.2 Å². The van der Waals surface area contributed by atoms with Gasteiger partial charge >= 0.3 is 0 Å². The van der Waals surface area contributed by atoms with E-state index < -0.39 is 34.3 Å². The predicted molar refractivity (Wildman–Crippen MR) is 144 cm³/mol. The molecule has 5 rings (SSSR count). The fourth-order valence-corrected chi connectivity index (χ4v) is 5.60. The standard InChI is InChI=1S/C27H22ClF3N4O5S/c28-18-9-15(10-22-24(18)39-7-5-23(29)41(22)38)26(37)33-13-16-11-21-14(12-32-16)1-3-19(34-21)17-2-4-20(25(30)31)35-27(17)40-8-6-36/h1-4,9-12,23,25,36H,5-8,13H2,(H,33,37). The Morgan fingerprint density at radius 3 is 2.83 bits per heavy atom. The number of aromatic nitrogens is 3. The highest BCUT2D eigenvalue weighted by atomic mass is 35.5. The SMILES string of the molecule is O=C(NCc1cc2nc(-c3ccc(C(F)F)nc3OCCO)ccc2cn1)c1cc(Cl)c2c(c1)S(=O)C(F)CCO2. The smallest absolute Gasteiger partial charge is 0.280 e. The minimum atomic E-state index is -2.80. The molecule has 1 aliphatic rings. The van der Waals surface area contributed by atoms with Gasteiger partial charge in [-0.15, -0.1) is 0 Å². The van der Waals surface area contributed by atoms with E-state index in [0.29, 0.717) is 27.9 Å². The number of amides is 1. The van der Waals surface area contributed by atoms with Crippen LogP contribution >= 0.6 is 11.6 Å². The molecule has 2 unspecified atom stereocenters. The summed E-state index contributed by atoms with van der Waals surface area (Å²) >= 11 is 6.24. The van der Waals surface area contributed by atoms with Crippen molar-refractivity contribution >= 4 is 39.2 Å². The molecule has 4 aromatic rings. The van der Waals surface area contributed by atoms with Crippen molar-refractivity contribution in [2.75, 3.05) is 19.8 Å². The van der Waals surface area contributed by atoms with Gasteiger partial charge in [0, 0.05) is 23.6 Å². The molecule has 0 saturated heterocycles. The van der Waals surface area contributed by atoms with Crippen LogP contribution in [0.3, 0.4) is 0 Å². The number of nitrogens with one attached hydrogen (secondary N) is 1. The lowest BCUT2D eigenvalue weighted by atomic mass is 10.1. The number of aliphatic hydroxyl groups is 1. The van der Waals surface area contributed by atoms with E-state index >= 15 is 0 Å². The molecule has 1 aromatic carbocycles. The molecule has 0 fully saturated rings. The van der Waals surface area contributed by atoms with E-state index in [1.54, 1.807) is 24.4 Å². The first-order valence-electron chi connectivity index (χ1n) is 12.3. The number of aliphatic hydroxyl groups excluding tert-OH is 1. The quantitative estimate of drug-likeness (QED) is 0.294. The van der Waals surface area contributed by atoms with Gasteiger partial charge in [-0.25, -0.2) is 23.1 Å². The van der Waals surface area contributed by atoms with E-state index in [-0.39, 0.29) is 59.9 Å². The summed E-state index contributed by atoms with van der Waals surface area (Å²) in [6.45, 7) is -0.453. The molecule has 1 amide bonds. The molecule has 214 valence electrons. The Labute approximate surface area is 239 Å². The molecule has 0 spiro atoms. The number of fused-ring (bicyclic) bond motifs is 2. The number of carbonyl (C=O) groups is 1. The van der Waals surface area contributed by atoms with Crippen molar-refractivity contribution < 1.29 is 36.8 Å². The van der Waals surface area contributed by atoms with Crippen LogP contribution < -0.4 is 14.8 Å². The van der Waals surface area contributed by atoms with E-state index in [1.807, 2.05) is 0 Å². The summed E-state index contributed by atoms with van der Waals surface area (Å²) in [7, 11) is -2.04. The monoisotopic (exact) mass is 606 g/mol. The number of benzene rings is 1. The Morgan fingerprint density at radius 2 is 2.05 bits per heavy atom. The largest absolute Gasteiger partial charge is 0.491 e. The molecule has 0 radical (unpaired) electrons. The maximum Gasteiger partial charge on any atom is 0.280 e. The van der Waals surface area contributed by atoms with Crippen LogP contribution in [0.1, 0.15) is 34.6 Å². The van der Waals surface area contributed by atoms with Crippen molar-refractivity contribution in [3.05, 3.63) is 70.6 Å². The summed E-state index contributed by atoms with van der Waals surface area (Å²) in [5.74, 6) is -0.537. The number of halogens is 4. The van der Waals surface area contributed by atoms with Crippen molar-refractivity contribution in [3.63, 3.8) is 0 Å². The van der Waals surface area contributed by atoms with Crippen LogP contribution in [0.2, 0.25) is 5.02 Å². The highest BCUT2D eigenvalue weighted by Crippen LogP contribution is 2.37. The van der Waals surface area contributed by atoms with E-state index in [1.165, 1.54) is 24.3 Å². The van der Waals surface area contributed by atoms with Crippen LogP contribution in [-0.4, -0.2) is 55.5 Å². The van der Waals surface area contributed by atoms with Gasteiger partial charge in [0.25, 0.3) is 12.3 Å². The third kappa shape index (κ3) is 6.26. The summed E-state index contributed by atoms with van der Waals surface area (Å²) in [4.78, 5) is 25.7. The molecule has 0 bridgehead atoms. The highest BCUT2D eigenvalue weighted by Gasteiger charge is 2.28. The molecule has 0 saturated carbocycles. The normalized spacial score (nSPS) is 16.6. The van der Waals surface area contributed by atoms with Gasteiger partial charge in [0.1, 0.15) is 12.3 Å². The molecule has 14 heteroatoms. The lowest BCUT2D eigenvalue weighted by Crippen LogP contribution is -2.23. The van der Waals surface area contributed by atoms with Gasteiger partial charge in [-0.2, -0.15) is 0 Å². The van der Waals surface area contributed by atoms with E-state index in [9.17, 15) is 22.2 Å². The molecule has 2 atom stereocenters. The number of nitrogens with zero attached hydrogens (tertiary/aromatic N) is 3. The fourth-order valence-electron chi connectivity index (χ4n) is 4.09. The van der Waals surface area contributed by atoms with E-state index in [0.717, 1.165) is 0 Å². The predicted octanol–water partition coefficient (Wildman–Crippen LogP) is 4.77. The van der Waals surface area contributed by atoms with Gasteiger partial charge in [0.15, 0.2) is 11.3 Å². The number of carbonyl (C=O) groups excluding carboxylic acids is 1. The Bertz CT molecular complexity index is 1640. The van der Waals surface area contributed by atoms with E-state index in [4.69, 9.17) is 26.2 Å². The molecule has 2 N–H and O–H groups in total. The third-order valence-corrected chi connectivity index (χ3v) is 7.80. The molecule has 9 nitrogen and oxygen atoms in total. The van der Waals surface area contributed by atoms with Crippen LogP contribution in [0.25, 0.3) is 22.2 Å². The number of alkyl halides is 3. The summed E-state index contributed by atoms with van der Waals surface area (Å²) < 4.78 is 63.8.